The number of methoxy groups -OCH3 is 3. The number of hydrogen-bond donors (Lipinski definition) is 2. The molecular weight excluding hydrogens is 462 g/mol. The molecule has 3 rings (SSSR count). The number of benzene rings is 2. The van der Waals surface area contributed by atoms with Crippen LogP contribution in [0.2, 0.25) is 0 Å². The van der Waals surface area contributed by atoms with Gasteiger partial charge in [0.1, 0.15) is 11.8 Å². The molecule has 0 bridgehead atoms. The Morgan fingerprint density at radius 3 is 2.17 bits per heavy atom. The largest absolute Gasteiger partial charge is 0.497 e. The molecule has 3 amide bonds. The van der Waals surface area contributed by atoms with E-state index in [0.717, 1.165) is 30.6 Å². The van der Waals surface area contributed by atoms with Crippen LogP contribution in [0.4, 0.5) is 5.69 Å². The van der Waals surface area contributed by atoms with E-state index in [-0.39, 0.29) is 5.91 Å². The second kappa shape index (κ2) is 12.6. The Morgan fingerprint density at radius 1 is 0.917 bits per heavy atom. The zero-order valence-corrected chi connectivity index (χ0v) is 21.1. The lowest BCUT2D eigenvalue weighted by Crippen LogP contribution is -2.41. The average Bonchev–Trinajstić information content (AvgIpc) is 2.91. The third-order valence-corrected chi connectivity index (χ3v) is 5.95. The Labute approximate surface area is 211 Å². The summed E-state index contributed by atoms with van der Waals surface area (Å²) in [6.07, 6.45) is 5.96. The van der Waals surface area contributed by atoms with Crippen molar-refractivity contribution in [2.45, 2.75) is 32.2 Å². The smallest absolute Gasteiger partial charge is 0.256 e. The molecule has 2 N–H and O–H groups in total. The van der Waals surface area contributed by atoms with Crippen molar-refractivity contribution in [2.24, 2.45) is 0 Å². The topological polar surface area (TPSA) is 106 Å². The van der Waals surface area contributed by atoms with Gasteiger partial charge in [0.2, 0.25) is 11.8 Å². The van der Waals surface area contributed by atoms with Gasteiger partial charge in [-0.05, 0) is 56.0 Å². The van der Waals surface area contributed by atoms with E-state index in [1.165, 1.54) is 20.3 Å². The molecule has 1 saturated heterocycles. The molecule has 192 valence electrons. The molecule has 1 atom stereocenters. The molecule has 9 heteroatoms. The van der Waals surface area contributed by atoms with Crippen molar-refractivity contribution < 1.29 is 28.6 Å². The maximum Gasteiger partial charge on any atom is 0.256 e. The molecule has 9 nitrogen and oxygen atoms in total. The van der Waals surface area contributed by atoms with Gasteiger partial charge in [-0.2, -0.15) is 0 Å². The van der Waals surface area contributed by atoms with Crippen LogP contribution in [-0.2, 0) is 9.59 Å². The lowest BCUT2D eigenvalue weighted by atomic mass is 10.1. The minimum absolute atomic E-state index is 0.190. The van der Waals surface area contributed by atoms with E-state index < -0.39 is 17.9 Å². The summed E-state index contributed by atoms with van der Waals surface area (Å²) in [7, 11) is 4.55. The number of carbonyl (C=O) groups excluding carboxylic acids is 3. The van der Waals surface area contributed by atoms with Crippen LogP contribution in [0, 0.1) is 0 Å². The van der Waals surface area contributed by atoms with Crippen LogP contribution in [0.3, 0.4) is 0 Å². The van der Waals surface area contributed by atoms with Gasteiger partial charge in [-0.25, -0.2) is 0 Å². The van der Waals surface area contributed by atoms with Gasteiger partial charge < -0.3 is 29.7 Å². The molecule has 1 aliphatic rings. The molecule has 1 unspecified atom stereocenters. The van der Waals surface area contributed by atoms with Gasteiger partial charge >= 0.3 is 0 Å². The number of nitrogens with one attached hydrogen (secondary N) is 2. The summed E-state index contributed by atoms with van der Waals surface area (Å²) in [4.78, 5) is 40.4. The van der Waals surface area contributed by atoms with Crippen LogP contribution < -0.4 is 24.8 Å². The highest BCUT2D eigenvalue weighted by atomic mass is 16.5. The molecule has 0 saturated carbocycles. The first-order valence-electron chi connectivity index (χ1n) is 11.8. The number of carbonyl (C=O) groups is 3. The Morgan fingerprint density at radius 2 is 1.56 bits per heavy atom. The van der Waals surface area contributed by atoms with Crippen LogP contribution in [0.25, 0.3) is 6.08 Å². The van der Waals surface area contributed by atoms with Gasteiger partial charge in [0.25, 0.3) is 5.91 Å². The van der Waals surface area contributed by atoms with Crippen LogP contribution in [-0.4, -0.2) is 63.1 Å². The molecule has 0 spiro atoms. The first-order valence-corrected chi connectivity index (χ1v) is 11.8. The number of rotatable bonds is 9. The fraction of sp³-hybridized carbons (Fsp3) is 0.370. The summed E-state index contributed by atoms with van der Waals surface area (Å²) < 4.78 is 15.9. The Hall–Kier alpha value is -4.01. The minimum Gasteiger partial charge on any atom is -0.497 e. The van der Waals surface area contributed by atoms with Crippen LogP contribution in [0.5, 0.6) is 17.2 Å². The van der Waals surface area contributed by atoms with Crippen molar-refractivity contribution in [3.8, 4) is 17.2 Å². The molecule has 0 aromatic heterocycles. The third kappa shape index (κ3) is 6.78. The summed E-state index contributed by atoms with van der Waals surface area (Å²) in [5, 5.41) is 5.42. The Bertz CT molecular complexity index is 1110. The highest BCUT2D eigenvalue weighted by Crippen LogP contribution is 2.34. The second-order valence-corrected chi connectivity index (χ2v) is 8.43. The number of hydrogen-bond acceptors (Lipinski definition) is 6. The van der Waals surface area contributed by atoms with E-state index in [1.807, 2.05) is 12.1 Å². The molecule has 2 aromatic carbocycles. The maximum absolute atomic E-state index is 13.3. The first kappa shape index (κ1) is 26.6. The van der Waals surface area contributed by atoms with Gasteiger partial charge in [0.15, 0.2) is 11.5 Å². The predicted molar refractivity (Wildman–Crippen MR) is 138 cm³/mol. The monoisotopic (exact) mass is 495 g/mol. The molecule has 1 fully saturated rings. The first-order chi connectivity index (χ1) is 17.4. The number of likely N-dealkylation sites (tertiary alicyclic amines) is 1. The van der Waals surface area contributed by atoms with Crippen molar-refractivity contribution in [1.29, 1.82) is 0 Å². The molecule has 2 aromatic rings. The van der Waals surface area contributed by atoms with Crippen LogP contribution >= 0.6 is 0 Å². The van der Waals surface area contributed by atoms with Crippen molar-refractivity contribution in [3.63, 3.8) is 0 Å². The minimum atomic E-state index is -0.857. The lowest BCUT2D eigenvalue weighted by molar-refractivity contribution is -0.123. The number of piperidine rings is 1. The summed E-state index contributed by atoms with van der Waals surface area (Å²) in [6.45, 7) is 2.89. The Balaban J connectivity index is 1.72. The third-order valence-electron chi connectivity index (χ3n) is 5.95. The van der Waals surface area contributed by atoms with Gasteiger partial charge in [0, 0.05) is 25.2 Å². The van der Waals surface area contributed by atoms with Crippen LogP contribution in [0.15, 0.2) is 42.5 Å². The standard InChI is InChI=1S/C27H33N3O6/c1-18(28-25(31)13-10-19-8-11-20(34-2)12-9-19)26(32)29-22-17-24(36-4)23(35-3)16-21(22)27(33)30-14-6-5-7-15-30/h8-13,16-18H,5-7,14-15H2,1-4H3,(H,28,31)(H,29,32)/b13-10+. The highest BCUT2D eigenvalue weighted by Gasteiger charge is 2.25. The molecule has 0 aliphatic carbocycles. The number of amides is 3. The van der Waals surface area contributed by atoms with Crippen molar-refractivity contribution in [3.05, 3.63) is 53.6 Å². The van der Waals surface area contributed by atoms with Crippen molar-refractivity contribution in [1.82, 2.24) is 10.2 Å². The molecular formula is C27H33N3O6. The van der Waals surface area contributed by atoms with Crippen LogP contribution in [0.1, 0.15) is 42.1 Å². The van der Waals surface area contributed by atoms with Gasteiger partial charge in [-0.1, -0.05) is 12.1 Å². The predicted octanol–water partition coefficient (Wildman–Crippen LogP) is 3.50. The quantitative estimate of drug-likeness (QED) is 0.516. The molecule has 1 heterocycles. The van der Waals surface area contributed by atoms with Crippen molar-refractivity contribution >= 4 is 29.5 Å². The van der Waals surface area contributed by atoms with E-state index in [0.29, 0.717) is 35.8 Å². The normalized spacial score (nSPS) is 14.2. The summed E-state index contributed by atoms with van der Waals surface area (Å²) in [5.41, 5.74) is 1.41. The SMILES string of the molecule is COc1ccc(/C=C/C(=O)NC(C)C(=O)Nc2cc(OC)c(OC)cc2C(=O)N2CCCCC2)cc1. The second-order valence-electron chi connectivity index (χ2n) is 8.43. The zero-order valence-electron chi connectivity index (χ0n) is 21.1. The average molecular weight is 496 g/mol. The fourth-order valence-electron chi connectivity index (χ4n) is 3.88. The number of nitrogens with zero attached hydrogens (tertiary/aromatic N) is 1. The van der Waals surface area contributed by atoms with E-state index in [9.17, 15) is 14.4 Å². The van der Waals surface area contributed by atoms with Gasteiger partial charge in [-0.15, -0.1) is 0 Å². The molecule has 1 aliphatic heterocycles. The highest BCUT2D eigenvalue weighted by molar-refractivity contribution is 6.06. The maximum atomic E-state index is 13.3. The van der Waals surface area contributed by atoms with Gasteiger partial charge in [0.05, 0.1) is 32.6 Å². The summed E-state index contributed by atoms with van der Waals surface area (Å²) in [5.74, 6) is 0.398. The van der Waals surface area contributed by atoms with Gasteiger partial charge in [-0.3, -0.25) is 14.4 Å². The number of ether oxygens (including phenoxy) is 3. The number of anilines is 1. The Kier molecular flexibility index (Phi) is 9.32. The summed E-state index contributed by atoms with van der Waals surface area (Å²) in [6, 6.07) is 9.49. The lowest BCUT2D eigenvalue weighted by Gasteiger charge is -2.28. The fourth-order valence-corrected chi connectivity index (χ4v) is 3.88. The van der Waals surface area contributed by atoms with E-state index >= 15 is 0 Å². The van der Waals surface area contributed by atoms with E-state index in [4.69, 9.17) is 14.2 Å². The van der Waals surface area contributed by atoms with E-state index in [1.54, 1.807) is 49.3 Å². The summed E-state index contributed by atoms with van der Waals surface area (Å²) >= 11 is 0. The molecule has 36 heavy (non-hydrogen) atoms. The molecule has 0 radical (unpaired) electrons. The van der Waals surface area contributed by atoms with Crippen molar-refractivity contribution in [2.75, 3.05) is 39.7 Å². The van der Waals surface area contributed by atoms with E-state index in [2.05, 4.69) is 10.6 Å². The zero-order chi connectivity index (χ0) is 26.1.